The minimum absolute atomic E-state index is 0.0243. The molecular formula is C22H24BN2O8-. The number of rotatable bonds is 5. The topological polar surface area (TPSA) is 150 Å². The monoisotopic (exact) mass is 455 g/mol. The summed E-state index contributed by atoms with van der Waals surface area (Å²) in [6, 6.07) is 4.61. The summed E-state index contributed by atoms with van der Waals surface area (Å²) in [6.07, 6.45) is 1.59. The largest absolute Gasteiger partial charge is 0.583 e. The van der Waals surface area contributed by atoms with E-state index in [2.05, 4.69) is 0 Å². The number of hydrogen-bond donors (Lipinski definition) is 4. The SMILES string of the molecule is Cc1c(O)c(=O)ccn1CC(=O)N1CC(Oc2ccc3c(c2C(=O)O)C[B-](O)(O)[C@@H]2C[C@H]32)C1. The molecule has 1 amide bonds. The highest BCUT2D eigenvalue weighted by Crippen LogP contribution is 2.62. The number of benzene rings is 1. The first-order valence-electron chi connectivity index (χ1n) is 10.9. The van der Waals surface area contributed by atoms with Gasteiger partial charge in [-0.3, -0.25) is 9.59 Å². The number of hydrogen-bond acceptors (Lipinski definition) is 7. The van der Waals surface area contributed by atoms with Crippen molar-refractivity contribution in [3.8, 4) is 11.5 Å². The Labute approximate surface area is 188 Å². The van der Waals surface area contributed by atoms with Crippen molar-refractivity contribution in [3.05, 3.63) is 57.0 Å². The number of aromatic carboxylic acids is 1. The van der Waals surface area contributed by atoms with Gasteiger partial charge in [-0.15, -0.1) is 5.82 Å². The van der Waals surface area contributed by atoms with Crippen LogP contribution in [-0.4, -0.2) is 67.3 Å². The van der Waals surface area contributed by atoms with E-state index in [4.69, 9.17) is 4.74 Å². The summed E-state index contributed by atoms with van der Waals surface area (Å²) in [5.41, 5.74) is 1.01. The van der Waals surface area contributed by atoms with Gasteiger partial charge in [0.1, 0.15) is 24.0 Å². The fraction of sp³-hybridized carbons (Fsp3) is 0.409. The fourth-order valence-corrected chi connectivity index (χ4v) is 5.13. The number of amides is 1. The molecule has 10 nitrogen and oxygen atoms in total. The van der Waals surface area contributed by atoms with E-state index in [1.807, 2.05) is 0 Å². The second kappa shape index (κ2) is 7.36. The Morgan fingerprint density at radius 2 is 1.94 bits per heavy atom. The molecule has 4 N–H and O–H groups in total. The summed E-state index contributed by atoms with van der Waals surface area (Å²) in [5, 5.41) is 40.3. The van der Waals surface area contributed by atoms with Crippen molar-refractivity contribution in [1.29, 1.82) is 0 Å². The highest BCUT2D eigenvalue weighted by molar-refractivity contribution is 6.67. The van der Waals surface area contributed by atoms with Gasteiger partial charge in [0, 0.05) is 12.3 Å². The van der Waals surface area contributed by atoms with E-state index in [1.54, 1.807) is 24.0 Å². The average Bonchev–Trinajstić information content (AvgIpc) is 3.52. The number of carbonyl (C=O) groups is 2. The number of carboxylic acid groups (broad SMARTS) is 1. The highest BCUT2D eigenvalue weighted by Gasteiger charge is 2.52. The zero-order valence-corrected chi connectivity index (χ0v) is 18.0. The molecular weight excluding hydrogens is 431 g/mol. The van der Waals surface area contributed by atoms with Crippen molar-refractivity contribution in [3.63, 3.8) is 0 Å². The molecule has 2 fully saturated rings. The zero-order chi connectivity index (χ0) is 23.7. The van der Waals surface area contributed by atoms with Crippen LogP contribution in [0.3, 0.4) is 0 Å². The summed E-state index contributed by atoms with van der Waals surface area (Å²) >= 11 is 0. The van der Waals surface area contributed by atoms with Gasteiger partial charge in [-0.1, -0.05) is 24.4 Å². The van der Waals surface area contributed by atoms with Gasteiger partial charge >= 0.3 is 5.97 Å². The predicted molar refractivity (Wildman–Crippen MR) is 117 cm³/mol. The number of aromatic nitrogens is 1. The molecule has 0 spiro atoms. The number of ether oxygens (including phenoxy) is 1. The maximum atomic E-state index is 12.6. The quantitative estimate of drug-likeness (QED) is 0.468. The lowest BCUT2D eigenvalue weighted by Gasteiger charge is -2.40. The van der Waals surface area contributed by atoms with E-state index in [9.17, 15) is 34.6 Å². The maximum absolute atomic E-state index is 12.6. The third kappa shape index (κ3) is 3.57. The predicted octanol–water partition coefficient (Wildman–Crippen LogP) is 0.230. The summed E-state index contributed by atoms with van der Waals surface area (Å²) in [5.74, 6) is -1.87. The molecule has 3 heterocycles. The zero-order valence-electron chi connectivity index (χ0n) is 18.0. The average molecular weight is 455 g/mol. The molecule has 2 atom stereocenters. The Morgan fingerprint density at radius 1 is 1.21 bits per heavy atom. The van der Waals surface area contributed by atoms with Crippen LogP contribution in [0, 0.1) is 6.92 Å². The second-order valence-corrected chi connectivity index (χ2v) is 9.32. The Bertz CT molecular complexity index is 1230. The summed E-state index contributed by atoms with van der Waals surface area (Å²) in [7, 11) is 0. The van der Waals surface area contributed by atoms with Gasteiger partial charge in [0.2, 0.25) is 17.9 Å². The van der Waals surface area contributed by atoms with Crippen LogP contribution in [0.5, 0.6) is 11.5 Å². The molecule has 11 heteroatoms. The normalized spacial score (nSPS) is 22.7. The Kier molecular flexibility index (Phi) is 4.80. The molecule has 0 unspecified atom stereocenters. The van der Waals surface area contributed by atoms with Gasteiger partial charge in [0.05, 0.1) is 18.8 Å². The van der Waals surface area contributed by atoms with Crippen molar-refractivity contribution in [1.82, 2.24) is 9.47 Å². The molecule has 174 valence electrons. The molecule has 1 aromatic heterocycles. The van der Waals surface area contributed by atoms with E-state index in [0.717, 1.165) is 5.56 Å². The maximum Gasteiger partial charge on any atom is 0.339 e. The van der Waals surface area contributed by atoms with E-state index in [0.29, 0.717) is 17.7 Å². The molecule has 1 saturated heterocycles. The van der Waals surface area contributed by atoms with E-state index >= 15 is 0 Å². The van der Waals surface area contributed by atoms with E-state index in [1.165, 1.54) is 16.8 Å². The van der Waals surface area contributed by atoms with Gasteiger partial charge < -0.3 is 34.5 Å². The third-order valence-corrected chi connectivity index (χ3v) is 7.17. The molecule has 3 aliphatic rings. The number of aromatic hydroxyl groups is 1. The van der Waals surface area contributed by atoms with Crippen molar-refractivity contribution >= 4 is 18.4 Å². The molecule has 5 rings (SSSR count). The lowest BCUT2D eigenvalue weighted by molar-refractivity contribution is -0.140. The molecule has 2 aliphatic heterocycles. The number of likely N-dealkylation sites (tertiary alicyclic amines) is 1. The minimum Gasteiger partial charge on any atom is -0.583 e. The third-order valence-electron chi connectivity index (χ3n) is 7.17. The van der Waals surface area contributed by atoms with Crippen LogP contribution in [0.25, 0.3) is 0 Å². The molecule has 2 aromatic rings. The van der Waals surface area contributed by atoms with Gasteiger partial charge in [0.25, 0.3) is 0 Å². The fourth-order valence-electron chi connectivity index (χ4n) is 5.13. The number of fused-ring (bicyclic) bond motifs is 3. The highest BCUT2D eigenvalue weighted by atomic mass is 16.5. The summed E-state index contributed by atoms with van der Waals surface area (Å²) < 4.78 is 7.38. The van der Waals surface area contributed by atoms with Crippen LogP contribution in [0.4, 0.5) is 0 Å². The van der Waals surface area contributed by atoms with Crippen molar-refractivity contribution < 1.29 is 34.6 Å². The molecule has 0 radical (unpaired) electrons. The van der Waals surface area contributed by atoms with Crippen LogP contribution < -0.4 is 10.2 Å². The van der Waals surface area contributed by atoms with Crippen molar-refractivity contribution in [2.75, 3.05) is 13.1 Å². The molecule has 0 bridgehead atoms. The first kappa shape index (κ1) is 21.5. The number of carboxylic acids is 1. The van der Waals surface area contributed by atoms with Crippen LogP contribution in [0.15, 0.2) is 29.2 Å². The first-order valence-corrected chi connectivity index (χ1v) is 10.9. The van der Waals surface area contributed by atoms with Crippen LogP contribution in [0.1, 0.15) is 39.5 Å². The van der Waals surface area contributed by atoms with Gasteiger partial charge in [-0.05, 0) is 24.5 Å². The summed E-state index contributed by atoms with van der Waals surface area (Å²) in [4.78, 5) is 37.6. The van der Waals surface area contributed by atoms with Gasteiger partial charge in [-0.2, -0.15) is 0 Å². The Balaban J connectivity index is 1.28. The summed E-state index contributed by atoms with van der Waals surface area (Å²) in [6.45, 7) is -0.604. The van der Waals surface area contributed by atoms with Crippen LogP contribution in [0.2, 0.25) is 5.82 Å². The molecule has 1 saturated carbocycles. The van der Waals surface area contributed by atoms with Gasteiger partial charge in [-0.25, -0.2) is 4.79 Å². The molecule has 1 aromatic carbocycles. The van der Waals surface area contributed by atoms with E-state index in [-0.39, 0.29) is 54.9 Å². The van der Waals surface area contributed by atoms with Crippen molar-refractivity contribution in [2.24, 2.45) is 0 Å². The standard InChI is InChI=1S/C22H24BN2O8/c1-11-21(28)17(26)4-5-24(11)10-19(27)25-8-12(9-25)33-18-3-2-13-14-6-16(14)23(31,32)7-15(13)20(18)22(29)30/h2-5,12,14,16,28,31-32H,6-10H2,1H3,(H,29,30)/q-1/t14-,16-/m1/s1. The minimum atomic E-state index is -2.63. The lowest BCUT2D eigenvalue weighted by atomic mass is 9.45. The Hall–Kier alpha value is -3.31. The first-order chi connectivity index (χ1) is 15.6. The van der Waals surface area contributed by atoms with Gasteiger partial charge in [0.15, 0.2) is 5.75 Å². The smallest absolute Gasteiger partial charge is 0.339 e. The number of pyridine rings is 1. The number of nitrogens with zero attached hydrogens (tertiary/aromatic N) is 2. The molecule has 1 aliphatic carbocycles. The van der Waals surface area contributed by atoms with E-state index < -0.39 is 29.8 Å². The Morgan fingerprint density at radius 3 is 2.64 bits per heavy atom. The second-order valence-electron chi connectivity index (χ2n) is 9.32. The van der Waals surface area contributed by atoms with Crippen molar-refractivity contribution in [2.45, 2.75) is 44.0 Å². The van der Waals surface area contributed by atoms with Crippen LogP contribution in [-0.2, 0) is 17.7 Å². The molecule has 33 heavy (non-hydrogen) atoms. The lowest BCUT2D eigenvalue weighted by Crippen LogP contribution is -2.57. The van der Waals surface area contributed by atoms with Crippen LogP contribution >= 0.6 is 0 Å². The number of carbonyl (C=O) groups excluding carboxylic acids is 1.